The second-order valence-electron chi connectivity index (χ2n) is 5.50. The zero-order valence-corrected chi connectivity index (χ0v) is 14.6. The Balaban J connectivity index is 2.56. The van der Waals surface area contributed by atoms with Crippen molar-refractivity contribution >= 4 is 21.8 Å². The number of carbonyl (C=O) groups excluding carboxylic acids is 2. The van der Waals surface area contributed by atoms with E-state index >= 15 is 0 Å². The van der Waals surface area contributed by atoms with Gasteiger partial charge in [0.25, 0.3) is 10.0 Å². The maximum absolute atomic E-state index is 12.2. The Hall–Kier alpha value is -1.89. The average molecular weight is 340 g/mol. The van der Waals surface area contributed by atoms with Crippen LogP contribution in [0.25, 0.3) is 0 Å². The monoisotopic (exact) mass is 340 g/mol. The van der Waals surface area contributed by atoms with Gasteiger partial charge in [0.05, 0.1) is 4.90 Å². The van der Waals surface area contributed by atoms with Crippen molar-refractivity contribution in [3.63, 3.8) is 0 Å². The summed E-state index contributed by atoms with van der Waals surface area (Å²) >= 11 is 0. The lowest BCUT2D eigenvalue weighted by Crippen LogP contribution is -2.31. The third-order valence-electron chi connectivity index (χ3n) is 3.26. The highest BCUT2D eigenvalue weighted by Crippen LogP contribution is 2.16. The maximum Gasteiger partial charge on any atom is 0.264 e. The van der Waals surface area contributed by atoms with Crippen LogP contribution in [0, 0.1) is 13.8 Å². The van der Waals surface area contributed by atoms with Gasteiger partial charge in [-0.15, -0.1) is 0 Å². The lowest BCUT2D eigenvalue weighted by Gasteiger charge is -2.10. The van der Waals surface area contributed by atoms with Gasteiger partial charge in [0.2, 0.25) is 11.8 Å². The lowest BCUT2D eigenvalue weighted by molar-refractivity contribution is -0.121. The summed E-state index contributed by atoms with van der Waals surface area (Å²) in [7, 11) is -3.88. The Kier molecular flexibility index (Phi) is 7.22. The Morgan fingerprint density at radius 2 is 1.74 bits per heavy atom. The summed E-state index contributed by atoms with van der Waals surface area (Å²) in [5.41, 5.74) is 1.38. The van der Waals surface area contributed by atoms with Gasteiger partial charge in [0.1, 0.15) is 0 Å². The van der Waals surface area contributed by atoms with Crippen LogP contribution in [0.3, 0.4) is 0 Å². The van der Waals surface area contributed by atoms with Crippen LogP contribution in [0.15, 0.2) is 23.1 Å². The second kappa shape index (κ2) is 8.67. The number of carbonyl (C=O) groups is 2. The number of sulfonamides is 1. The van der Waals surface area contributed by atoms with E-state index in [2.05, 4.69) is 10.0 Å². The molecule has 0 fully saturated rings. The fourth-order valence-corrected chi connectivity index (χ4v) is 3.36. The number of aryl methyl sites for hydroxylation is 2. The minimum atomic E-state index is -3.88. The van der Waals surface area contributed by atoms with Crippen LogP contribution < -0.4 is 10.0 Å². The summed E-state index contributed by atoms with van der Waals surface area (Å²) in [6.45, 7) is 6.02. The van der Waals surface area contributed by atoms with Crippen LogP contribution in [0.5, 0.6) is 0 Å². The summed E-state index contributed by atoms with van der Waals surface area (Å²) in [4.78, 5) is 23.3. The van der Waals surface area contributed by atoms with Gasteiger partial charge >= 0.3 is 0 Å². The number of amides is 2. The predicted octanol–water partition coefficient (Wildman–Crippen LogP) is 1.80. The first-order valence-corrected chi connectivity index (χ1v) is 9.14. The predicted molar refractivity (Wildman–Crippen MR) is 88.4 cm³/mol. The van der Waals surface area contributed by atoms with Crippen molar-refractivity contribution in [3.05, 3.63) is 29.3 Å². The molecule has 0 aliphatic carbocycles. The highest BCUT2D eigenvalue weighted by atomic mass is 32.2. The quantitative estimate of drug-likeness (QED) is 0.755. The van der Waals surface area contributed by atoms with Gasteiger partial charge in [0, 0.05) is 19.4 Å². The molecule has 0 bridgehead atoms. The zero-order chi connectivity index (χ0) is 17.5. The summed E-state index contributed by atoms with van der Waals surface area (Å²) < 4.78 is 26.5. The molecule has 2 N–H and O–H groups in total. The standard InChI is InChI=1S/C16H24N2O4S/c1-4-10-17-15(19)6-5-7-16(20)18-23(21,22)14-11-12(2)8-9-13(14)3/h8-9,11H,4-7,10H2,1-3H3,(H,17,19)(H,18,20). The third kappa shape index (κ3) is 6.40. The molecule has 0 spiro atoms. The molecule has 2 amide bonds. The van der Waals surface area contributed by atoms with E-state index in [0.717, 1.165) is 12.0 Å². The molecule has 23 heavy (non-hydrogen) atoms. The molecule has 128 valence electrons. The van der Waals surface area contributed by atoms with Crippen molar-refractivity contribution in [3.8, 4) is 0 Å². The summed E-state index contributed by atoms with van der Waals surface area (Å²) in [6, 6.07) is 5.04. The van der Waals surface area contributed by atoms with Crippen LogP contribution in [-0.2, 0) is 19.6 Å². The van der Waals surface area contributed by atoms with Crippen molar-refractivity contribution in [2.75, 3.05) is 6.54 Å². The molecule has 0 aliphatic heterocycles. The molecular formula is C16H24N2O4S. The topological polar surface area (TPSA) is 92.3 Å². The fourth-order valence-electron chi connectivity index (χ4n) is 2.02. The van der Waals surface area contributed by atoms with E-state index in [1.807, 2.05) is 13.0 Å². The Morgan fingerprint density at radius 1 is 1.09 bits per heavy atom. The van der Waals surface area contributed by atoms with Gasteiger partial charge in [-0.2, -0.15) is 0 Å². The van der Waals surface area contributed by atoms with Gasteiger partial charge in [-0.05, 0) is 43.9 Å². The number of nitrogens with one attached hydrogen (secondary N) is 2. The summed E-state index contributed by atoms with van der Waals surface area (Å²) in [5, 5.41) is 2.70. The molecule has 6 nitrogen and oxygen atoms in total. The van der Waals surface area contributed by atoms with E-state index in [1.54, 1.807) is 19.9 Å². The summed E-state index contributed by atoms with van der Waals surface area (Å²) in [6.07, 6.45) is 1.35. The van der Waals surface area contributed by atoms with E-state index in [1.165, 1.54) is 6.07 Å². The lowest BCUT2D eigenvalue weighted by atomic mass is 10.2. The van der Waals surface area contributed by atoms with Crippen LogP contribution in [0.2, 0.25) is 0 Å². The molecule has 0 saturated heterocycles. The first-order chi connectivity index (χ1) is 10.8. The molecule has 0 unspecified atom stereocenters. The van der Waals surface area contributed by atoms with Crippen molar-refractivity contribution in [2.45, 2.75) is 51.3 Å². The molecule has 1 aromatic rings. The van der Waals surface area contributed by atoms with Crippen molar-refractivity contribution in [1.29, 1.82) is 0 Å². The Bertz CT molecular complexity index is 669. The van der Waals surface area contributed by atoms with E-state index in [9.17, 15) is 18.0 Å². The van der Waals surface area contributed by atoms with E-state index in [4.69, 9.17) is 0 Å². The van der Waals surface area contributed by atoms with E-state index in [-0.39, 0.29) is 23.6 Å². The molecule has 1 rings (SSSR count). The normalized spacial score (nSPS) is 11.1. The number of benzene rings is 1. The molecule has 0 heterocycles. The highest BCUT2D eigenvalue weighted by molar-refractivity contribution is 7.90. The Labute approximate surface area is 137 Å². The van der Waals surface area contributed by atoms with Crippen molar-refractivity contribution < 1.29 is 18.0 Å². The first-order valence-electron chi connectivity index (χ1n) is 7.66. The van der Waals surface area contributed by atoms with Crippen molar-refractivity contribution in [2.24, 2.45) is 0 Å². The zero-order valence-electron chi connectivity index (χ0n) is 13.8. The minimum Gasteiger partial charge on any atom is -0.356 e. The molecule has 0 saturated carbocycles. The van der Waals surface area contributed by atoms with Crippen LogP contribution in [-0.4, -0.2) is 26.8 Å². The molecule has 0 atom stereocenters. The fraction of sp³-hybridized carbons (Fsp3) is 0.500. The van der Waals surface area contributed by atoms with Gasteiger partial charge in [0.15, 0.2) is 0 Å². The number of hydrogen-bond acceptors (Lipinski definition) is 4. The maximum atomic E-state index is 12.2. The third-order valence-corrected chi connectivity index (χ3v) is 4.78. The first kappa shape index (κ1) is 19.2. The van der Waals surface area contributed by atoms with Crippen molar-refractivity contribution in [1.82, 2.24) is 10.0 Å². The molecular weight excluding hydrogens is 316 g/mol. The number of rotatable bonds is 8. The number of hydrogen-bond donors (Lipinski definition) is 2. The largest absolute Gasteiger partial charge is 0.356 e. The molecule has 0 radical (unpaired) electrons. The van der Waals surface area contributed by atoms with Gasteiger partial charge in [-0.1, -0.05) is 19.1 Å². The second-order valence-corrected chi connectivity index (χ2v) is 7.15. The van der Waals surface area contributed by atoms with E-state index < -0.39 is 15.9 Å². The molecule has 0 aliphatic rings. The highest BCUT2D eigenvalue weighted by Gasteiger charge is 2.19. The smallest absolute Gasteiger partial charge is 0.264 e. The van der Waals surface area contributed by atoms with Gasteiger partial charge in [-0.25, -0.2) is 13.1 Å². The average Bonchev–Trinajstić information content (AvgIpc) is 2.47. The van der Waals surface area contributed by atoms with Crippen LogP contribution in [0.4, 0.5) is 0 Å². The SMILES string of the molecule is CCCNC(=O)CCCC(=O)NS(=O)(=O)c1cc(C)ccc1C. The Morgan fingerprint density at radius 3 is 2.39 bits per heavy atom. The molecule has 0 aromatic heterocycles. The molecule has 7 heteroatoms. The van der Waals surface area contributed by atoms with E-state index in [0.29, 0.717) is 18.5 Å². The minimum absolute atomic E-state index is 0.0103. The summed E-state index contributed by atoms with van der Waals surface area (Å²) in [5.74, 6) is -0.730. The van der Waals surface area contributed by atoms with Gasteiger partial charge < -0.3 is 5.32 Å². The van der Waals surface area contributed by atoms with Crippen LogP contribution in [0.1, 0.15) is 43.7 Å². The molecule has 1 aromatic carbocycles. The van der Waals surface area contributed by atoms with Gasteiger partial charge in [-0.3, -0.25) is 9.59 Å². The van der Waals surface area contributed by atoms with Crippen LogP contribution >= 0.6 is 0 Å².